The molecule has 1 aliphatic rings. The highest BCUT2D eigenvalue weighted by Crippen LogP contribution is 2.30. The summed E-state index contributed by atoms with van der Waals surface area (Å²) in [6.45, 7) is -0.372. The molecular weight excluding hydrogens is 294 g/mol. The first-order valence-corrected chi connectivity index (χ1v) is 6.96. The minimum absolute atomic E-state index is 0.0704. The van der Waals surface area contributed by atoms with Crippen LogP contribution in [-0.4, -0.2) is 53.4 Å². The molecule has 3 rings (SSSR count). The Morgan fingerprint density at radius 1 is 1.55 bits per heavy atom. The fourth-order valence-electron chi connectivity index (χ4n) is 2.89. The van der Waals surface area contributed by atoms with Gasteiger partial charge in [0.05, 0.1) is 31.8 Å². The zero-order chi connectivity index (χ0) is 15.9. The van der Waals surface area contributed by atoms with E-state index in [1.54, 1.807) is 0 Å². The van der Waals surface area contributed by atoms with Crippen LogP contribution in [0, 0.1) is 5.82 Å². The number of benzene rings is 1. The number of nitrogens with zero attached hydrogens (tertiary/aromatic N) is 1. The third-order valence-corrected chi connectivity index (χ3v) is 3.99. The highest BCUT2D eigenvalue weighted by molar-refractivity contribution is 6.00. The fourth-order valence-corrected chi connectivity index (χ4v) is 2.89. The average molecular weight is 310 g/mol. The number of methoxy groups -OCH3 is 1. The molecule has 1 saturated heterocycles. The summed E-state index contributed by atoms with van der Waals surface area (Å²) >= 11 is 0. The molecule has 0 bridgehead atoms. The molecule has 7 heteroatoms. The Labute approximate surface area is 125 Å². The molecule has 2 atom stereocenters. The molecule has 2 heterocycles. The van der Waals surface area contributed by atoms with Gasteiger partial charge in [-0.05, 0) is 18.2 Å². The standard InChI is InChI=1S/C15H16F2N2O3/c1-22-13-3-2-11(17)14-10(13)5-12(18-14)15(21)19-6-8(16)4-9(19)7-20/h2-3,5,8-9,18,20H,4,6-7H2,1H3/t8-,9-/m0/s1. The number of amides is 1. The summed E-state index contributed by atoms with van der Waals surface area (Å²) in [5.74, 6) is -0.523. The second kappa shape index (κ2) is 5.57. The Kier molecular flexibility index (Phi) is 3.74. The van der Waals surface area contributed by atoms with Crippen molar-refractivity contribution in [3.63, 3.8) is 0 Å². The van der Waals surface area contributed by atoms with Gasteiger partial charge in [0.15, 0.2) is 0 Å². The fraction of sp³-hybridized carbons (Fsp3) is 0.400. The van der Waals surface area contributed by atoms with Crippen molar-refractivity contribution in [1.29, 1.82) is 0 Å². The van der Waals surface area contributed by atoms with Gasteiger partial charge in [0, 0.05) is 11.8 Å². The maximum absolute atomic E-state index is 13.8. The number of rotatable bonds is 3. The molecule has 1 fully saturated rings. The Morgan fingerprint density at radius 3 is 3.00 bits per heavy atom. The van der Waals surface area contributed by atoms with Crippen molar-refractivity contribution in [2.24, 2.45) is 0 Å². The number of carbonyl (C=O) groups is 1. The van der Waals surface area contributed by atoms with Crippen molar-refractivity contribution < 1.29 is 23.4 Å². The van der Waals surface area contributed by atoms with Gasteiger partial charge in [-0.1, -0.05) is 0 Å². The highest BCUT2D eigenvalue weighted by atomic mass is 19.1. The topological polar surface area (TPSA) is 65.6 Å². The van der Waals surface area contributed by atoms with Crippen molar-refractivity contribution >= 4 is 16.8 Å². The van der Waals surface area contributed by atoms with E-state index < -0.39 is 23.9 Å². The molecule has 0 saturated carbocycles. The lowest BCUT2D eigenvalue weighted by Gasteiger charge is -2.21. The Morgan fingerprint density at radius 2 is 2.32 bits per heavy atom. The van der Waals surface area contributed by atoms with Gasteiger partial charge >= 0.3 is 0 Å². The second-order valence-corrected chi connectivity index (χ2v) is 5.35. The minimum atomic E-state index is -1.16. The largest absolute Gasteiger partial charge is 0.496 e. The summed E-state index contributed by atoms with van der Waals surface area (Å²) in [5, 5.41) is 9.71. The first-order valence-electron chi connectivity index (χ1n) is 6.96. The number of likely N-dealkylation sites (tertiary alicyclic amines) is 1. The van der Waals surface area contributed by atoms with Crippen molar-refractivity contribution in [2.75, 3.05) is 20.3 Å². The number of aliphatic hydroxyl groups is 1. The molecule has 0 radical (unpaired) electrons. The number of ether oxygens (including phenoxy) is 1. The van der Waals surface area contributed by atoms with Gasteiger partial charge in [-0.15, -0.1) is 0 Å². The van der Waals surface area contributed by atoms with Crippen LogP contribution in [0.15, 0.2) is 18.2 Å². The number of H-pyrrole nitrogens is 1. The number of fused-ring (bicyclic) bond motifs is 1. The van der Waals surface area contributed by atoms with Crippen LogP contribution in [0.25, 0.3) is 10.9 Å². The van der Waals surface area contributed by atoms with Crippen LogP contribution in [0.2, 0.25) is 0 Å². The third kappa shape index (κ3) is 2.31. The monoisotopic (exact) mass is 310 g/mol. The van der Waals surface area contributed by atoms with Crippen LogP contribution >= 0.6 is 0 Å². The first-order chi connectivity index (χ1) is 10.5. The molecule has 22 heavy (non-hydrogen) atoms. The Bertz CT molecular complexity index is 716. The first kappa shape index (κ1) is 14.8. The number of alkyl halides is 1. The van der Waals surface area contributed by atoms with E-state index in [0.717, 1.165) is 0 Å². The van der Waals surface area contributed by atoms with Gasteiger partial charge in [0.2, 0.25) is 0 Å². The molecule has 1 aromatic carbocycles. The maximum atomic E-state index is 13.8. The summed E-state index contributed by atoms with van der Waals surface area (Å²) in [6, 6.07) is 3.65. The molecule has 1 aromatic heterocycles. The molecule has 2 N–H and O–H groups in total. The van der Waals surface area contributed by atoms with E-state index in [1.807, 2.05) is 0 Å². The number of aromatic amines is 1. The predicted octanol–water partition coefficient (Wildman–Crippen LogP) is 1.86. The van der Waals surface area contributed by atoms with Gasteiger partial charge in [0.1, 0.15) is 23.4 Å². The summed E-state index contributed by atoms with van der Waals surface area (Å²) < 4.78 is 32.5. The minimum Gasteiger partial charge on any atom is -0.496 e. The van der Waals surface area contributed by atoms with Gasteiger partial charge in [-0.25, -0.2) is 8.78 Å². The van der Waals surface area contributed by atoms with Crippen LogP contribution in [0.3, 0.4) is 0 Å². The lowest BCUT2D eigenvalue weighted by atomic mass is 10.2. The second-order valence-electron chi connectivity index (χ2n) is 5.35. The van der Waals surface area contributed by atoms with Gasteiger partial charge in [0.25, 0.3) is 5.91 Å². The van der Waals surface area contributed by atoms with Crippen molar-refractivity contribution in [2.45, 2.75) is 18.6 Å². The van der Waals surface area contributed by atoms with Crippen LogP contribution < -0.4 is 4.74 Å². The summed E-state index contributed by atoms with van der Waals surface area (Å²) in [5.41, 5.74) is 0.310. The zero-order valence-corrected chi connectivity index (χ0v) is 12.0. The highest BCUT2D eigenvalue weighted by Gasteiger charge is 2.36. The lowest BCUT2D eigenvalue weighted by molar-refractivity contribution is 0.0668. The van der Waals surface area contributed by atoms with Crippen LogP contribution in [-0.2, 0) is 0 Å². The maximum Gasteiger partial charge on any atom is 0.270 e. The Hall–Kier alpha value is -2.15. The van der Waals surface area contributed by atoms with E-state index in [-0.39, 0.29) is 30.8 Å². The number of hydrogen-bond donors (Lipinski definition) is 2. The molecule has 1 aliphatic heterocycles. The lowest BCUT2D eigenvalue weighted by Crippen LogP contribution is -2.38. The van der Waals surface area contributed by atoms with E-state index in [2.05, 4.69) is 4.98 Å². The van der Waals surface area contributed by atoms with E-state index in [4.69, 9.17) is 4.74 Å². The number of nitrogens with one attached hydrogen (secondary N) is 1. The smallest absolute Gasteiger partial charge is 0.270 e. The molecule has 2 aromatic rings. The van der Waals surface area contributed by atoms with E-state index in [1.165, 1.54) is 30.2 Å². The number of halogens is 2. The van der Waals surface area contributed by atoms with Crippen molar-refractivity contribution in [3.8, 4) is 5.75 Å². The SMILES string of the molecule is COc1ccc(F)c2[nH]c(C(=O)N3C[C@@H](F)C[C@H]3CO)cc12. The molecule has 0 spiro atoms. The average Bonchev–Trinajstić information content (AvgIpc) is 3.11. The number of aromatic nitrogens is 1. The molecule has 0 unspecified atom stereocenters. The molecule has 118 valence electrons. The van der Waals surface area contributed by atoms with Crippen LogP contribution in [0.1, 0.15) is 16.9 Å². The van der Waals surface area contributed by atoms with Crippen molar-refractivity contribution in [1.82, 2.24) is 9.88 Å². The van der Waals surface area contributed by atoms with Gasteiger partial charge < -0.3 is 19.7 Å². The summed E-state index contributed by atoms with van der Waals surface area (Å²) in [7, 11) is 1.46. The summed E-state index contributed by atoms with van der Waals surface area (Å²) in [6.07, 6.45) is -1.04. The predicted molar refractivity (Wildman–Crippen MR) is 76.2 cm³/mol. The molecule has 5 nitrogen and oxygen atoms in total. The Balaban J connectivity index is 2.00. The van der Waals surface area contributed by atoms with Gasteiger partial charge in [-0.3, -0.25) is 4.79 Å². The summed E-state index contributed by atoms with van der Waals surface area (Å²) in [4.78, 5) is 16.5. The number of hydrogen-bond acceptors (Lipinski definition) is 3. The van der Waals surface area contributed by atoms with Gasteiger partial charge in [-0.2, -0.15) is 0 Å². The third-order valence-electron chi connectivity index (χ3n) is 3.99. The molecule has 0 aliphatic carbocycles. The van der Waals surface area contributed by atoms with E-state index in [0.29, 0.717) is 11.1 Å². The van der Waals surface area contributed by atoms with E-state index >= 15 is 0 Å². The molecule has 1 amide bonds. The molecular formula is C15H16F2N2O3. The van der Waals surface area contributed by atoms with Crippen LogP contribution in [0.4, 0.5) is 8.78 Å². The van der Waals surface area contributed by atoms with Crippen molar-refractivity contribution in [3.05, 3.63) is 29.7 Å². The number of aliphatic hydroxyl groups excluding tert-OH is 1. The van der Waals surface area contributed by atoms with Crippen LogP contribution in [0.5, 0.6) is 5.75 Å². The quantitative estimate of drug-likeness (QED) is 0.909. The van der Waals surface area contributed by atoms with E-state index in [9.17, 15) is 18.7 Å². The normalized spacial score (nSPS) is 21.5. The number of carbonyl (C=O) groups excluding carboxylic acids is 1. The zero-order valence-electron chi connectivity index (χ0n) is 12.0.